The molecular weight excluding hydrogens is 161 g/mol. The van der Waals surface area contributed by atoms with Gasteiger partial charge >= 0.3 is 13.2 Å². The van der Waals surface area contributed by atoms with Gasteiger partial charge < -0.3 is 12.9 Å². The van der Waals surface area contributed by atoms with Gasteiger partial charge in [-0.1, -0.05) is 0 Å². The van der Waals surface area contributed by atoms with Gasteiger partial charge in [0.05, 0.1) is 0 Å². The van der Waals surface area contributed by atoms with Crippen molar-refractivity contribution in [3.8, 4) is 11.7 Å². The smallest absolute Gasteiger partial charge is 0.438 e. The summed E-state index contributed by atoms with van der Waals surface area (Å²) in [6, 6.07) is 0. The van der Waals surface area contributed by atoms with Crippen molar-refractivity contribution in [3.63, 3.8) is 0 Å². The zero-order valence-corrected chi connectivity index (χ0v) is 4.35. The zero-order valence-electron chi connectivity index (χ0n) is 4.35. The van der Waals surface area contributed by atoms with E-state index < -0.39 is 13.2 Å². The minimum atomic E-state index is -5.65. The number of hydrogen-bond donors (Lipinski definition) is 0. The van der Waals surface area contributed by atoms with Crippen LogP contribution in [0.15, 0.2) is 0 Å². The number of hydrogen-bond acceptors (Lipinski definition) is 0. The predicted octanol–water partition coefficient (Wildman–Crippen LogP) is 1.94. The molecule has 7 heteroatoms. The molecule has 0 aliphatic heterocycles. The highest BCUT2D eigenvalue weighted by Gasteiger charge is 2.26. The average molecular weight is 161 g/mol. The average Bonchev–Trinajstić information content (AvgIpc) is 1.57. The lowest BCUT2D eigenvalue weighted by atomic mass is 9.94. The molecular formula is C3BF6-. The maximum atomic E-state index is 11.0. The lowest BCUT2D eigenvalue weighted by Gasteiger charge is -2.02. The molecule has 0 saturated heterocycles. The van der Waals surface area contributed by atoms with E-state index in [0.717, 1.165) is 0 Å². The Labute approximate surface area is 52.3 Å². The normalized spacial score (nSPS) is 12.2. The zero-order chi connectivity index (χ0) is 8.41. The Morgan fingerprint density at radius 1 is 1.00 bits per heavy atom. The van der Waals surface area contributed by atoms with Gasteiger partial charge in [0.1, 0.15) is 0 Å². The van der Waals surface area contributed by atoms with Crippen molar-refractivity contribution in [3.05, 3.63) is 0 Å². The quantitative estimate of drug-likeness (QED) is 0.289. The van der Waals surface area contributed by atoms with Crippen molar-refractivity contribution in [1.82, 2.24) is 0 Å². The van der Waals surface area contributed by atoms with E-state index >= 15 is 0 Å². The maximum absolute atomic E-state index is 11.0. The summed E-state index contributed by atoms with van der Waals surface area (Å²) in [5, 5.41) is 0. The minimum absolute atomic E-state index is 0.115. The van der Waals surface area contributed by atoms with E-state index in [1.165, 1.54) is 0 Å². The molecule has 0 heterocycles. The first-order valence-corrected chi connectivity index (χ1v) is 2.01. The van der Waals surface area contributed by atoms with Crippen LogP contribution in [0.2, 0.25) is 0 Å². The Balaban J connectivity index is 4.19. The molecule has 0 nitrogen and oxygen atoms in total. The summed E-state index contributed by atoms with van der Waals surface area (Å²) >= 11 is 0. The fraction of sp³-hybridized carbons (Fsp3) is 0.333. The molecule has 0 radical (unpaired) electrons. The van der Waals surface area contributed by atoms with Gasteiger partial charge in [-0.05, 0) is 5.92 Å². The largest absolute Gasteiger partial charge is 0.558 e. The summed E-state index contributed by atoms with van der Waals surface area (Å²) in [5.74, 6) is 0.264. The topological polar surface area (TPSA) is 0 Å². The van der Waals surface area contributed by atoms with Crippen LogP contribution in [-0.2, 0) is 0 Å². The minimum Gasteiger partial charge on any atom is -0.438 e. The molecule has 58 valence electrons. The van der Waals surface area contributed by atoms with E-state index in [1.54, 1.807) is 0 Å². The second kappa shape index (κ2) is 2.44. The van der Waals surface area contributed by atoms with Gasteiger partial charge in [-0.15, -0.1) is 0 Å². The molecule has 0 rings (SSSR count). The Hall–Kier alpha value is -0.795. The Bertz CT molecular complexity index is 146. The Kier molecular flexibility index (Phi) is 2.25. The van der Waals surface area contributed by atoms with Gasteiger partial charge in [-0.3, -0.25) is 0 Å². The first-order chi connectivity index (χ1) is 4.21. The van der Waals surface area contributed by atoms with Crippen molar-refractivity contribution in [2.24, 2.45) is 0 Å². The fourth-order valence-corrected chi connectivity index (χ4v) is 0.164. The number of rotatable bonds is 0. The first kappa shape index (κ1) is 9.20. The van der Waals surface area contributed by atoms with E-state index in [9.17, 15) is 26.1 Å². The molecule has 10 heavy (non-hydrogen) atoms. The van der Waals surface area contributed by atoms with Crippen LogP contribution in [-0.4, -0.2) is 13.2 Å². The van der Waals surface area contributed by atoms with E-state index in [1.807, 2.05) is 0 Å². The van der Waals surface area contributed by atoms with Gasteiger partial charge in [-0.2, -0.15) is 19.0 Å². The third-order valence-electron chi connectivity index (χ3n) is 0.378. The third kappa shape index (κ3) is 7.20. The van der Waals surface area contributed by atoms with Crippen LogP contribution in [0.4, 0.5) is 26.1 Å². The molecule has 0 saturated carbocycles. The molecule has 0 unspecified atom stereocenters. The van der Waals surface area contributed by atoms with Gasteiger partial charge in [0.15, 0.2) is 0 Å². The predicted molar refractivity (Wildman–Crippen MR) is 22.9 cm³/mol. The van der Waals surface area contributed by atoms with Gasteiger partial charge in [0.2, 0.25) is 0 Å². The first-order valence-electron chi connectivity index (χ1n) is 2.01. The summed E-state index contributed by atoms with van der Waals surface area (Å²) in [6.45, 7) is -5.65. The van der Waals surface area contributed by atoms with Gasteiger partial charge in [0.25, 0.3) is 0 Å². The highest BCUT2D eigenvalue weighted by atomic mass is 19.4. The standard InChI is InChI=1S/C3BF6/c5-3(6,7)1-2-4(8,9)10/q-1. The molecule has 0 bridgehead atoms. The second-order valence-electron chi connectivity index (χ2n) is 1.34. The molecule has 0 aromatic rings. The summed E-state index contributed by atoms with van der Waals surface area (Å²) in [7, 11) is 0. The monoisotopic (exact) mass is 161 g/mol. The Morgan fingerprint density at radius 3 is 1.50 bits per heavy atom. The van der Waals surface area contributed by atoms with Crippen LogP contribution < -0.4 is 0 Å². The molecule has 0 amide bonds. The molecule has 0 aliphatic carbocycles. The number of halogens is 6. The summed E-state index contributed by atoms with van der Waals surface area (Å²) in [6.07, 6.45) is -5.06. The van der Waals surface area contributed by atoms with Crippen LogP contribution in [0.25, 0.3) is 0 Å². The van der Waals surface area contributed by atoms with Crippen molar-refractivity contribution < 1.29 is 26.1 Å². The van der Waals surface area contributed by atoms with Gasteiger partial charge in [-0.25, -0.2) is 0 Å². The van der Waals surface area contributed by atoms with Crippen molar-refractivity contribution in [1.29, 1.82) is 0 Å². The summed E-state index contributed by atoms with van der Waals surface area (Å²) < 4.78 is 65.7. The third-order valence-corrected chi connectivity index (χ3v) is 0.378. The van der Waals surface area contributed by atoms with Crippen LogP contribution in [0.5, 0.6) is 0 Å². The summed E-state index contributed by atoms with van der Waals surface area (Å²) in [5.41, 5.74) is 0. The van der Waals surface area contributed by atoms with E-state index in [0.29, 0.717) is 0 Å². The lowest BCUT2D eigenvalue weighted by Crippen LogP contribution is -2.13. The molecule has 0 atom stereocenters. The van der Waals surface area contributed by atoms with Crippen LogP contribution >= 0.6 is 0 Å². The maximum Gasteiger partial charge on any atom is 0.558 e. The van der Waals surface area contributed by atoms with Crippen LogP contribution in [0, 0.1) is 11.7 Å². The van der Waals surface area contributed by atoms with E-state index in [4.69, 9.17) is 0 Å². The molecule has 0 aliphatic rings. The fourth-order valence-electron chi connectivity index (χ4n) is 0.164. The van der Waals surface area contributed by atoms with E-state index in [-0.39, 0.29) is 11.7 Å². The van der Waals surface area contributed by atoms with E-state index in [2.05, 4.69) is 0 Å². The Morgan fingerprint density at radius 2 is 1.40 bits per heavy atom. The second-order valence-corrected chi connectivity index (χ2v) is 1.34. The SMILES string of the molecule is F[B-](F)(F)C#CC(F)(F)F. The molecule has 0 aromatic carbocycles. The molecule has 0 N–H and O–H groups in total. The van der Waals surface area contributed by atoms with Crippen molar-refractivity contribution in [2.75, 3.05) is 0 Å². The highest BCUT2D eigenvalue weighted by molar-refractivity contribution is 6.67. The van der Waals surface area contributed by atoms with Crippen molar-refractivity contribution >= 4 is 6.98 Å². The van der Waals surface area contributed by atoms with Gasteiger partial charge in [0, 0.05) is 0 Å². The lowest BCUT2D eigenvalue weighted by molar-refractivity contribution is -0.0697. The summed E-state index contributed by atoms with van der Waals surface area (Å²) in [4.78, 5) is 0. The number of alkyl halides is 3. The molecule has 0 aromatic heterocycles. The van der Waals surface area contributed by atoms with Crippen LogP contribution in [0.1, 0.15) is 0 Å². The molecule has 0 fully saturated rings. The highest BCUT2D eigenvalue weighted by Crippen LogP contribution is 2.14. The van der Waals surface area contributed by atoms with Crippen LogP contribution in [0.3, 0.4) is 0 Å². The van der Waals surface area contributed by atoms with Crippen molar-refractivity contribution in [2.45, 2.75) is 6.18 Å². The molecule has 0 spiro atoms.